The number of ether oxygens (including phenoxy) is 15. The number of methoxy groups -OCH3 is 1. The molecule has 0 radical (unpaired) electrons. The van der Waals surface area contributed by atoms with Crippen molar-refractivity contribution in [3.8, 4) is 0 Å². The van der Waals surface area contributed by atoms with Crippen LogP contribution in [0.4, 0.5) is 0 Å². The van der Waals surface area contributed by atoms with Crippen LogP contribution in [0.1, 0.15) is 206 Å². The summed E-state index contributed by atoms with van der Waals surface area (Å²) in [6, 6.07) is -0.443. The number of nitrogens with one attached hydrogen (secondary N) is 1. The van der Waals surface area contributed by atoms with Crippen molar-refractivity contribution in [3.05, 3.63) is 0 Å². The fourth-order valence-electron chi connectivity index (χ4n) is 13.0. The third kappa shape index (κ3) is 51.7. The number of carbonyl (C=O) groups excluding carboxylic acids is 4. The first-order valence-corrected chi connectivity index (χ1v) is 48.8. The molecule has 3 saturated heterocycles. The number of hydrogen-bond donors (Lipinski definition) is 3. The number of phosphoric ester groups is 4. The van der Waals surface area contributed by atoms with Crippen molar-refractivity contribution in [1.29, 1.82) is 0 Å². The maximum absolute atomic E-state index is 13.5. The molecule has 0 aromatic carbocycles. The minimum absolute atomic E-state index is 0.00189. The highest BCUT2D eigenvalue weighted by molar-refractivity contribution is 7.47. The lowest BCUT2D eigenvalue weighted by Crippen LogP contribution is -2.58. The van der Waals surface area contributed by atoms with Crippen molar-refractivity contribution >= 4 is 55.1 Å². The summed E-state index contributed by atoms with van der Waals surface area (Å²) in [4.78, 5) is 96.3. The Morgan fingerprint density at radius 3 is 1.02 bits per heavy atom. The van der Waals surface area contributed by atoms with Gasteiger partial charge in [-0.1, -0.05) is 108 Å². The van der Waals surface area contributed by atoms with Gasteiger partial charge in [-0.05, 0) is 106 Å². The number of esters is 3. The molecule has 0 saturated carbocycles. The van der Waals surface area contributed by atoms with Gasteiger partial charge in [-0.25, -0.2) is 4.57 Å². The molecule has 37 nitrogen and oxygen atoms in total. The summed E-state index contributed by atoms with van der Waals surface area (Å²) in [5, 5.41) is 12.7. The monoisotopic (exact) mass is 1810 g/mol. The third-order valence-electron chi connectivity index (χ3n) is 21.1. The summed E-state index contributed by atoms with van der Waals surface area (Å²) in [6.07, 6.45) is 5.18. The Labute approximate surface area is 713 Å². The summed E-state index contributed by atoms with van der Waals surface area (Å²) in [5.41, 5.74) is -1.51. The predicted molar refractivity (Wildman–Crippen MR) is 434 cm³/mol. The number of amides is 1. The molecule has 1 amide bonds. The molecule has 21 atom stereocenters. The van der Waals surface area contributed by atoms with Crippen molar-refractivity contribution in [3.63, 3.8) is 0 Å². The number of hydrogen-bond acceptors (Lipinski definition) is 35. The molecule has 3 N–H and O–H groups in total. The minimum Gasteiger partial charge on any atom is -0.756 e. The van der Waals surface area contributed by atoms with E-state index >= 15 is 0 Å². The zero-order valence-electron chi connectivity index (χ0n) is 74.2. The minimum atomic E-state index is -5.12. The van der Waals surface area contributed by atoms with Crippen LogP contribution in [0.5, 0.6) is 0 Å². The summed E-state index contributed by atoms with van der Waals surface area (Å²) in [6.45, 7) is 24.5. The average molecular weight is 1810 g/mol. The van der Waals surface area contributed by atoms with Crippen LogP contribution in [0.2, 0.25) is 0 Å². The van der Waals surface area contributed by atoms with Gasteiger partial charge in [0.15, 0.2) is 18.9 Å². The number of rotatable bonds is 72. The summed E-state index contributed by atoms with van der Waals surface area (Å²) < 4.78 is 181. The lowest BCUT2D eigenvalue weighted by Gasteiger charge is -2.44. The number of unbranched alkanes of at least 4 members (excludes halogenated alkanes) is 9. The molecule has 0 aliphatic carbocycles. The Balaban J connectivity index is 0.0000242. The van der Waals surface area contributed by atoms with Gasteiger partial charge in [0.05, 0.1) is 122 Å². The molecular weight excluding hydrogens is 1660 g/mol. The van der Waals surface area contributed by atoms with E-state index in [0.29, 0.717) is 97.1 Å². The first kappa shape index (κ1) is 114. The number of aliphatic hydroxyl groups is 1. The van der Waals surface area contributed by atoms with Gasteiger partial charge in [0, 0.05) is 112 Å². The van der Waals surface area contributed by atoms with Crippen LogP contribution in [0.25, 0.3) is 0 Å². The molecule has 3 fully saturated rings. The van der Waals surface area contributed by atoms with Gasteiger partial charge in [0.25, 0.3) is 23.5 Å². The maximum Gasteiger partial charge on any atom is 0.472 e. The van der Waals surface area contributed by atoms with Gasteiger partial charge < -0.3 is 128 Å². The van der Waals surface area contributed by atoms with Crippen LogP contribution in [-0.4, -0.2) is 256 Å². The smallest absolute Gasteiger partial charge is 0.472 e. The Kier molecular flexibility index (Phi) is 62.0. The first-order valence-electron chi connectivity index (χ1n) is 43.0. The van der Waals surface area contributed by atoms with Crippen molar-refractivity contribution < 1.29 is 169 Å². The molecule has 3 rings (SSSR count). The van der Waals surface area contributed by atoms with E-state index in [1.54, 1.807) is 7.11 Å². The van der Waals surface area contributed by atoms with E-state index in [1.807, 2.05) is 27.7 Å². The predicted octanol–water partition coefficient (Wildman–Crippen LogP) is 10.1. The molecule has 3 heterocycles. The zero-order valence-corrected chi connectivity index (χ0v) is 77.8. The Morgan fingerprint density at radius 1 is 0.375 bits per heavy atom. The SMILES string of the molecule is CC.COCCCOCC(CO)COCCCOP(=O)([O-])OCC(COCCCOP(=O)([O-])OCCCCCCO[C@@H]1OC(COC(C)=O)[C@H](C)[C@H](C)C1C)(COCCCOP(=O)([O-])OCCCCCCO[C@@H]1OC(COC(C)=O)[C@H](C)[C@H](C)C1NC(C)=O)COCCCOP(=O)(O)OCCCCCCO[C@@H]1OC(COC(C)=O)[C@H](C)[C@H](C)C1C. The molecule has 41 heteroatoms. The lowest BCUT2D eigenvalue weighted by molar-refractivity contribution is -0.255. The molecule has 0 aromatic rings. The largest absolute Gasteiger partial charge is 0.756 e. The third-order valence-corrected chi connectivity index (χ3v) is 25.0. The molecule has 120 heavy (non-hydrogen) atoms. The van der Waals surface area contributed by atoms with Gasteiger partial charge >= 0.3 is 25.7 Å². The summed E-state index contributed by atoms with van der Waals surface area (Å²) in [7, 11) is -17.6. The van der Waals surface area contributed by atoms with Gasteiger partial charge in [-0.3, -0.25) is 41.9 Å². The van der Waals surface area contributed by atoms with E-state index in [1.165, 1.54) is 27.7 Å². The second-order valence-electron chi connectivity index (χ2n) is 31.0. The fourth-order valence-corrected chi connectivity index (χ4v) is 16.2. The van der Waals surface area contributed by atoms with Crippen LogP contribution in [0, 0.1) is 58.7 Å². The van der Waals surface area contributed by atoms with E-state index in [9.17, 15) is 62.1 Å². The second kappa shape index (κ2) is 65.4. The molecule has 3 aliphatic heterocycles. The van der Waals surface area contributed by atoms with Gasteiger partial charge in [-0.15, -0.1) is 0 Å². The molecule has 0 bridgehead atoms. The Hall–Kier alpha value is -2.20. The van der Waals surface area contributed by atoms with Gasteiger partial charge in [-0.2, -0.15) is 0 Å². The highest BCUT2D eigenvalue weighted by Gasteiger charge is 2.45. The van der Waals surface area contributed by atoms with E-state index in [0.717, 1.165) is 12.8 Å². The second-order valence-corrected chi connectivity index (χ2v) is 36.7. The molecule has 3 aliphatic rings. The maximum atomic E-state index is 13.5. The summed E-state index contributed by atoms with van der Waals surface area (Å²) >= 11 is 0. The van der Waals surface area contributed by atoms with Crippen molar-refractivity contribution in [2.45, 2.75) is 249 Å². The van der Waals surface area contributed by atoms with Crippen LogP contribution in [0.3, 0.4) is 0 Å². The Bertz CT molecular complexity index is 2780. The molecular formula is C79H150NO36P4-3. The molecule has 0 spiro atoms. The quantitative estimate of drug-likeness (QED) is 0.0220. The molecule has 0 aromatic heterocycles. The van der Waals surface area contributed by atoms with Crippen molar-refractivity contribution in [2.75, 3.05) is 179 Å². The van der Waals surface area contributed by atoms with E-state index < -0.39 is 80.3 Å². The zero-order chi connectivity index (χ0) is 89.4. The van der Waals surface area contributed by atoms with Gasteiger partial charge in [0.2, 0.25) is 5.91 Å². The Morgan fingerprint density at radius 2 is 0.675 bits per heavy atom. The topological polar surface area (TPSA) is 471 Å². The van der Waals surface area contributed by atoms with E-state index in [4.69, 9.17) is 107 Å². The normalized spacial score (nSPS) is 26.1. The summed E-state index contributed by atoms with van der Waals surface area (Å²) in [5.74, 6) is -0.836. The highest BCUT2D eigenvalue weighted by Crippen LogP contribution is 2.45. The van der Waals surface area contributed by atoms with Gasteiger partial charge in [0.1, 0.15) is 19.8 Å². The van der Waals surface area contributed by atoms with Crippen LogP contribution >= 0.6 is 31.3 Å². The average Bonchev–Trinajstić information content (AvgIpc) is 0.829. The first-order chi connectivity index (χ1) is 57.1. The van der Waals surface area contributed by atoms with Crippen LogP contribution in [0.15, 0.2) is 0 Å². The highest BCUT2D eigenvalue weighted by atomic mass is 31.2. The van der Waals surface area contributed by atoms with Crippen LogP contribution < -0.4 is 20.0 Å². The lowest BCUT2D eigenvalue weighted by atomic mass is 9.79. The van der Waals surface area contributed by atoms with E-state index in [-0.39, 0.29) is 248 Å². The standard InChI is InChI=1S/C77H147NO36P4.C2H6/c1-57-59(3)70(50-101-66(10)81)112-74(63(57)7)98-37-20-14-17-23-40-104-115(84,85)107-44-28-34-95-53-77(56-111-118(90,91)110-43-27-33-94-49-69(47-79)48-93-32-26-31-92-13,54-96-35-29-45-108-116(86,87)105-41-24-18-15-21-38-99-75-64(8)58(2)60(4)71(113-75)51-102-67(11)82)55-97-36-30-46-109-117(88,89)106-42-25-19-16-22-39-100-76-73(78-65(9)80)62(6)61(5)72(114-76)52-103-68(12)83;1-2/h57-64,69-76,79H,14-56H2,1-13H3,(H,78,80)(H,84,85)(H,86,87)(H,88,89)(H,90,91);1-2H3/p-3/t57-,58-,59+,60+,61+,62-,63?,64?,69?,70?,71?,72?,73?,74+,75+,76+,77?;/m0./s1. The van der Waals surface area contributed by atoms with Crippen LogP contribution in [-0.2, 0) is 145 Å². The number of aliphatic hydroxyl groups excluding tert-OH is 1. The number of carbonyl (C=O) groups is 4. The fraction of sp³-hybridized carbons (Fsp3) is 0.949. The molecule has 12 unspecified atom stereocenters. The van der Waals surface area contributed by atoms with Crippen molar-refractivity contribution in [1.82, 2.24) is 5.32 Å². The molecule has 710 valence electrons. The van der Waals surface area contributed by atoms with E-state index in [2.05, 4.69) is 46.9 Å². The number of phosphoric acid groups is 4. The van der Waals surface area contributed by atoms with Crippen molar-refractivity contribution in [2.24, 2.45) is 58.7 Å².